The third-order valence-electron chi connectivity index (χ3n) is 4.13. The summed E-state index contributed by atoms with van der Waals surface area (Å²) in [5.74, 6) is 0. The number of ether oxygens (including phenoxy) is 1. The highest BCUT2D eigenvalue weighted by molar-refractivity contribution is 4.73. The second-order valence-corrected chi connectivity index (χ2v) is 5.84. The zero-order chi connectivity index (χ0) is 13.8. The summed E-state index contributed by atoms with van der Waals surface area (Å²) in [6, 6.07) is 0.853. The quantitative estimate of drug-likeness (QED) is 0.584. The molecule has 0 amide bonds. The van der Waals surface area contributed by atoms with Gasteiger partial charge in [-0.2, -0.15) is 0 Å². The lowest BCUT2D eigenvalue weighted by Crippen LogP contribution is -2.35. The van der Waals surface area contributed by atoms with E-state index in [-0.39, 0.29) is 0 Å². The van der Waals surface area contributed by atoms with Crippen LogP contribution in [0.4, 0.5) is 0 Å². The number of unbranched alkanes of at least 4 members (excludes halogenated alkanes) is 1. The van der Waals surface area contributed by atoms with Crippen LogP contribution in [-0.2, 0) is 4.74 Å². The van der Waals surface area contributed by atoms with Crippen molar-refractivity contribution in [3.05, 3.63) is 0 Å². The van der Waals surface area contributed by atoms with E-state index in [1.54, 1.807) is 0 Å². The van der Waals surface area contributed by atoms with Crippen molar-refractivity contribution < 1.29 is 4.74 Å². The van der Waals surface area contributed by atoms with Gasteiger partial charge in [-0.05, 0) is 45.8 Å². The van der Waals surface area contributed by atoms with Gasteiger partial charge in [-0.1, -0.05) is 32.6 Å². The Bertz CT molecular complexity index is 193. The van der Waals surface area contributed by atoms with Gasteiger partial charge in [0.15, 0.2) is 0 Å². The Morgan fingerprint density at radius 2 is 1.84 bits per heavy atom. The Labute approximate surface area is 120 Å². The average molecular weight is 270 g/mol. The van der Waals surface area contributed by atoms with E-state index in [0.29, 0.717) is 0 Å². The van der Waals surface area contributed by atoms with E-state index in [2.05, 4.69) is 24.2 Å². The summed E-state index contributed by atoms with van der Waals surface area (Å²) in [5.41, 5.74) is 0. The largest absolute Gasteiger partial charge is 0.380 e. The number of hydrogen-bond donors (Lipinski definition) is 1. The molecule has 0 aromatic rings. The van der Waals surface area contributed by atoms with Gasteiger partial charge in [0.2, 0.25) is 0 Å². The van der Waals surface area contributed by atoms with Crippen LogP contribution in [0.25, 0.3) is 0 Å². The highest BCUT2D eigenvalue weighted by Crippen LogP contribution is 2.21. The van der Waals surface area contributed by atoms with Gasteiger partial charge in [0, 0.05) is 19.2 Å². The average Bonchev–Trinajstić information content (AvgIpc) is 2.46. The lowest BCUT2D eigenvalue weighted by molar-refractivity contribution is 0.132. The van der Waals surface area contributed by atoms with Crippen molar-refractivity contribution in [3.8, 4) is 0 Å². The van der Waals surface area contributed by atoms with Gasteiger partial charge < -0.3 is 15.0 Å². The van der Waals surface area contributed by atoms with Crippen molar-refractivity contribution in [1.82, 2.24) is 10.2 Å². The Morgan fingerprint density at radius 3 is 2.58 bits per heavy atom. The van der Waals surface area contributed by atoms with E-state index in [0.717, 1.165) is 32.3 Å². The summed E-state index contributed by atoms with van der Waals surface area (Å²) in [7, 11) is 2.30. The molecule has 1 aliphatic rings. The molecule has 3 nitrogen and oxygen atoms in total. The van der Waals surface area contributed by atoms with Crippen molar-refractivity contribution in [2.45, 2.75) is 64.3 Å². The number of nitrogens with zero attached hydrogens (tertiary/aromatic N) is 1. The first-order valence-electron chi connectivity index (χ1n) is 8.33. The van der Waals surface area contributed by atoms with Crippen molar-refractivity contribution >= 4 is 0 Å². The van der Waals surface area contributed by atoms with E-state index >= 15 is 0 Å². The third-order valence-corrected chi connectivity index (χ3v) is 4.13. The minimum atomic E-state index is 0.853. The minimum absolute atomic E-state index is 0.853. The molecule has 0 unspecified atom stereocenters. The summed E-state index contributed by atoms with van der Waals surface area (Å²) < 4.78 is 5.52. The van der Waals surface area contributed by atoms with Crippen LogP contribution < -0.4 is 5.32 Å². The van der Waals surface area contributed by atoms with Gasteiger partial charge in [-0.3, -0.25) is 0 Å². The van der Waals surface area contributed by atoms with E-state index in [1.807, 2.05) is 0 Å². The molecule has 0 spiro atoms. The first-order valence-corrected chi connectivity index (χ1v) is 8.33. The normalized spacial score (nSPS) is 17.2. The molecule has 0 aromatic heterocycles. The van der Waals surface area contributed by atoms with Crippen LogP contribution in [0.1, 0.15) is 58.3 Å². The topological polar surface area (TPSA) is 24.5 Å². The van der Waals surface area contributed by atoms with Crippen LogP contribution in [0.5, 0.6) is 0 Å². The van der Waals surface area contributed by atoms with Gasteiger partial charge in [-0.25, -0.2) is 0 Å². The fourth-order valence-corrected chi connectivity index (χ4v) is 2.78. The Kier molecular flexibility index (Phi) is 10.4. The first kappa shape index (κ1) is 16.9. The standard InChI is InChI=1S/C16H34N2O/c1-3-4-14-19-15-12-17-11-8-13-18(2)16-9-6-5-7-10-16/h16-17H,3-15H2,1-2H3. The maximum Gasteiger partial charge on any atom is 0.0590 e. The summed E-state index contributed by atoms with van der Waals surface area (Å²) >= 11 is 0. The molecule has 0 radical (unpaired) electrons. The van der Waals surface area contributed by atoms with Crippen LogP contribution in [0.2, 0.25) is 0 Å². The van der Waals surface area contributed by atoms with E-state index in [9.17, 15) is 0 Å². The van der Waals surface area contributed by atoms with Gasteiger partial charge in [0.25, 0.3) is 0 Å². The Balaban J connectivity index is 1.84. The molecular formula is C16H34N2O. The molecule has 3 heteroatoms. The Hall–Kier alpha value is -0.120. The van der Waals surface area contributed by atoms with Gasteiger partial charge in [-0.15, -0.1) is 0 Å². The van der Waals surface area contributed by atoms with Crippen molar-refractivity contribution in [3.63, 3.8) is 0 Å². The third kappa shape index (κ3) is 8.61. The first-order chi connectivity index (χ1) is 9.34. The predicted molar refractivity (Wildman–Crippen MR) is 82.7 cm³/mol. The van der Waals surface area contributed by atoms with Gasteiger partial charge in [0.05, 0.1) is 6.61 Å². The molecule has 1 rings (SSSR count). The molecule has 1 N–H and O–H groups in total. The molecule has 1 saturated carbocycles. The monoisotopic (exact) mass is 270 g/mol. The number of rotatable bonds is 11. The van der Waals surface area contributed by atoms with E-state index in [1.165, 1.54) is 57.9 Å². The molecule has 114 valence electrons. The molecule has 19 heavy (non-hydrogen) atoms. The molecule has 0 bridgehead atoms. The van der Waals surface area contributed by atoms with Crippen LogP contribution in [0, 0.1) is 0 Å². The molecule has 0 aromatic carbocycles. The van der Waals surface area contributed by atoms with E-state index < -0.39 is 0 Å². The fraction of sp³-hybridized carbons (Fsp3) is 1.00. The second-order valence-electron chi connectivity index (χ2n) is 5.84. The summed E-state index contributed by atoms with van der Waals surface area (Å²) in [4.78, 5) is 2.57. The maximum absolute atomic E-state index is 5.52. The number of nitrogens with one attached hydrogen (secondary N) is 1. The molecule has 1 aliphatic carbocycles. The van der Waals surface area contributed by atoms with Crippen LogP contribution >= 0.6 is 0 Å². The van der Waals surface area contributed by atoms with E-state index in [4.69, 9.17) is 4.74 Å². The zero-order valence-electron chi connectivity index (χ0n) is 13.1. The number of hydrogen-bond acceptors (Lipinski definition) is 3. The summed E-state index contributed by atoms with van der Waals surface area (Å²) in [6.07, 6.45) is 10.8. The highest BCUT2D eigenvalue weighted by Gasteiger charge is 2.16. The molecule has 1 fully saturated rings. The zero-order valence-corrected chi connectivity index (χ0v) is 13.1. The van der Waals surface area contributed by atoms with Crippen molar-refractivity contribution in [1.29, 1.82) is 0 Å². The Morgan fingerprint density at radius 1 is 1.05 bits per heavy atom. The second kappa shape index (κ2) is 11.7. The molecule has 0 aliphatic heterocycles. The van der Waals surface area contributed by atoms with Crippen molar-refractivity contribution in [2.24, 2.45) is 0 Å². The lowest BCUT2D eigenvalue weighted by Gasteiger charge is -2.31. The molecule has 0 saturated heterocycles. The van der Waals surface area contributed by atoms with Crippen LogP contribution in [0.15, 0.2) is 0 Å². The molecule has 0 atom stereocenters. The summed E-state index contributed by atoms with van der Waals surface area (Å²) in [5, 5.41) is 3.47. The van der Waals surface area contributed by atoms with Gasteiger partial charge >= 0.3 is 0 Å². The lowest BCUT2D eigenvalue weighted by atomic mass is 9.94. The fourth-order valence-electron chi connectivity index (χ4n) is 2.78. The SMILES string of the molecule is CCCCOCCNCCCN(C)C1CCCCC1. The minimum Gasteiger partial charge on any atom is -0.380 e. The summed E-state index contributed by atoms with van der Waals surface area (Å²) in [6.45, 7) is 7.32. The van der Waals surface area contributed by atoms with Crippen LogP contribution in [-0.4, -0.2) is 50.8 Å². The predicted octanol–water partition coefficient (Wildman–Crippen LogP) is 3.05. The van der Waals surface area contributed by atoms with Crippen molar-refractivity contribution in [2.75, 3.05) is 39.9 Å². The smallest absolute Gasteiger partial charge is 0.0590 e. The molecular weight excluding hydrogens is 236 g/mol. The van der Waals surface area contributed by atoms with Gasteiger partial charge in [0.1, 0.15) is 0 Å². The maximum atomic E-state index is 5.52. The highest BCUT2D eigenvalue weighted by atomic mass is 16.5. The van der Waals surface area contributed by atoms with Crippen LogP contribution in [0.3, 0.4) is 0 Å². The molecule has 0 heterocycles.